The Morgan fingerprint density at radius 2 is 1.50 bits per heavy atom. The molecule has 2 saturated heterocycles. The topological polar surface area (TPSA) is 127 Å². The zero-order chi connectivity index (χ0) is 35.2. The molecular weight excluding hydrogens is 689 g/mol. The number of carbonyl (C=O) groups is 2. The zero-order valence-electron chi connectivity index (χ0n) is 27.2. The zero-order valence-corrected chi connectivity index (χ0v) is 28.7. The van der Waals surface area contributed by atoms with E-state index in [1.165, 1.54) is 6.07 Å². The third kappa shape index (κ3) is 8.32. The number of aromatic nitrogens is 2. The summed E-state index contributed by atoms with van der Waals surface area (Å²) >= 11 is 14.0. The predicted molar refractivity (Wildman–Crippen MR) is 187 cm³/mol. The number of hydrogen-bond acceptors (Lipinski definition) is 8. The van der Waals surface area contributed by atoms with Gasteiger partial charge >= 0.3 is 6.61 Å². The van der Waals surface area contributed by atoms with Crippen molar-refractivity contribution in [3.8, 4) is 45.3 Å². The van der Waals surface area contributed by atoms with Gasteiger partial charge in [-0.15, -0.1) is 0 Å². The second-order valence-electron chi connectivity index (χ2n) is 12.1. The Kier molecular flexibility index (Phi) is 11.4. The lowest BCUT2D eigenvalue weighted by molar-refractivity contribution is -0.120. The molecule has 4 aromatic rings. The van der Waals surface area contributed by atoms with Crippen LogP contribution in [0.15, 0.2) is 60.8 Å². The van der Waals surface area contributed by atoms with Gasteiger partial charge in [-0.2, -0.15) is 8.78 Å². The summed E-state index contributed by atoms with van der Waals surface area (Å²) in [4.78, 5) is 32.2. The van der Waals surface area contributed by atoms with Crippen molar-refractivity contribution < 1.29 is 27.8 Å². The van der Waals surface area contributed by atoms with Gasteiger partial charge < -0.3 is 30.7 Å². The number of rotatable bonds is 14. The number of alkyl halides is 2. The maximum Gasteiger partial charge on any atom is 0.387 e. The number of halogens is 4. The molecule has 10 nitrogen and oxygen atoms in total. The number of hydrogen-bond donors (Lipinski definition) is 4. The summed E-state index contributed by atoms with van der Waals surface area (Å²) in [7, 11) is 1.56. The molecule has 0 aliphatic carbocycles. The molecule has 2 fully saturated rings. The molecule has 2 aliphatic rings. The molecule has 0 bridgehead atoms. The lowest BCUT2D eigenvalue weighted by atomic mass is 9.99. The minimum absolute atomic E-state index is 0.00406. The number of methoxy groups -OCH3 is 1. The number of ether oxygens (including phenoxy) is 2. The Morgan fingerprint density at radius 1 is 0.860 bits per heavy atom. The molecule has 2 amide bonds. The van der Waals surface area contributed by atoms with Crippen molar-refractivity contribution in [3.05, 3.63) is 82.0 Å². The van der Waals surface area contributed by atoms with Crippen LogP contribution in [-0.4, -0.2) is 60.7 Å². The van der Waals surface area contributed by atoms with E-state index < -0.39 is 6.61 Å². The molecule has 6 rings (SSSR count). The molecule has 2 aromatic carbocycles. The molecule has 2 aromatic heterocycles. The van der Waals surface area contributed by atoms with E-state index in [0.717, 1.165) is 18.4 Å². The van der Waals surface area contributed by atoms with E-state index in [1.54, 1.807) is 31.5 Å². The molecule has 0 radical (unpaired) electrons. The summed E-state index contributed by atoms with van der Waals surface area (Å²) in [6, 6.07) is 16.1. The molecule has 50 heavy (non-hydrogen) atoms. The van der Waals surface area contributed by atoms with Crippen molar-refractivity contribution in [2.24, 2.45) is 0 Å². The quantitative estimate of drug-likeness (QED) is 0.122. The highest BCUT2D eigenvalue weighted by molar-refractivity contribution is 6.39. The Labute approximate surface area is 298 Å². The number of nitrogens with one attached hydrogen (secondary N) is 4. The molecule has 0 unspecified atom stereocenters. The second-order valence-corrected chi connectivity index (χ2v) is 12.9. The van der Waals surface area contributed by atoms with Crippen LogP contribution in [0.3, 0.4) is 0 Å². The Hall–Kier alpha value is -4.36. The van der Waals surface area contributed by atoms with Crippen molar-refractivity contribution >= 4 is 35.0 Å². The van der Waals surface area contributed by atoms with Crippen LogP contribution < -0.4 is 30.7 Å². The predicted octanol–water partition coefficient (Wildman–Crippen LogP) is 6.13. The summed E-state index contributed by atoms with van der Waals surface area (Å²) < 4.78 is 37.4. The van der Waals surface area contributed by atoms with E-state index in [-0.39, 0.29) is 41.2 Å². The van der Waals surface area contributed by atoms with E-state index in [0.29, 0.717) is 82.6 Å². The van der Waals surface area contributed by atoms with E-state index >= 15 is 0 Å². The van der Waals surface area contributed by atoms with Crippen LogP contribution in [0.5, 0.6) is 11.6 Å². The van der Waals surface area contributed by atoms with Gasteiger partial charge in [0.05, 0.1) is 28.5 Å². The maximum absolute atomic E-state index is 13.5. The van der Waals surface area contributed by atoms with Crippen molar-refractivity contribution in [2.45, 2.75) is 57.5 Å². The van der Waals surface area contributed by atoms with Crippen LogP contribution in [-0.2, 0) is 22.7 Å². The first kappa shape index (κ1) is 35.5. The minimum Gasteiger partial charge on any atom is -0.481 e. The third-order valence-electron chi connectivity index (χ3n) is 8.73. The summed E-state index contributed by atoms with van der Waals surface area (Å²) in [5.41, 5.74) is 4.71. The monoisotopic (exact) mass is 724 g/mol. The number of nitrogens with zero attached hydrogens (tertiary/aromatic N) is 2. The highest BCUT2D eigenvalue weighted by Gasteiger charge is 2.23. The number of amides is 2. The van der Waals surface area contributed by atoms with Crippen molar-refractivity contribution in [3.63, 3.8) is 0 Å². The second kappa shape index (κ2) is 16.1. The van der Waals surface area contributed by atoms with Crippen LogP contribution >= 0.6 is 23.2 Å². The van der Waals surface area contributed by atoms with Gasteiger partial charge in [0.25, 0.3) is 0 Å². The van der Waals surface area contributed by atoms with E-state index in [9.17, 15) is 18.4 Å². The fraction of sp³-hybridized carbons (Fsp3) is 0.333. The smallest absolute Gasteiger partial charge is 0.387 e. The SMILES string of the molecule is COc1nc(-c2cccc(-c3ccnc(-c4ccc(CNC[C@@H]5CCC(=O)N5)c(OC(F)F)c4)c3Cl)c2Cl)ccc1CNC[C@@H]1CCC(=O)N1. The lowest BCUT2D eigenvalue weighted by Gasteiger charge is -2.17. The highest BCUT2D eigenvalue weighted by atomic mass is 35.5. The first-order valence-electron chi connectivity index (χ1n) is 16.3. The third-order valence-corrected chi connectivity index (χ3v) is 9.52. The lowest BCUT2D eigenvalue weighted by Crippen LogP contribution is -2.35. The van der Waals surface area contributed by atoms with Gasteiger partial charge in [0.15, 0.2) is 0 Å². The van der Waals surface area contributed by atoms with Gasteiger partial charge in [-0.1, -0.05) is 59.6 Å². The molecule has 14 heteroatoms. The summed E-state index contributed by atoms with van der Waals surface area (Å²) in [5.74, 6) is 0.518. The van der Waals surface area contributed by atoms with Crippen LogP contribution in [0.2, 0.25) is 10.0 Å². The molecule has 2 atom stereocenters. The molecule has 4 N–H and O–H groups in total. The van der Waals surface area contributed by atoms with Gasteiger partial charge in [0, 0.05) is 90.7 Å². The normalized spacial score (nSPS) is 17.2. The Morgan fingerprint density at radius 3 is 2.14 bits per heavy atom. The highest BCUT2D eigenvalue weighted by Crippen LogP contribution is 2.42. The van der Waals surface area contributed by atoms with Crippen molar-refractivity contribution in [1.82, 2.24) is 31.2 Å². The van der Waals surface area contributed by atoms with Gasteiger partial charge in [0.1, 0.15) is 5.75 Å². The van der Waals surface area contributed by atoms with Crippen LogP contribution in [0.25, 0.3) is 33.6 Å². The Bertz CT molecular complexity index is 1880. The van der Waals surface area contributed by atoms with Crippen molar-refractivity contribution in [1.29, 1.82) is 0 Å². The fourth-order valence-corrected chi connectivity index (χ4v) is 6.85. The van der Waals surface area contributed by atoms with Crippen LogP contribution in [0.4, 0.5) is 8.78 Å². The summed E-state index contributed by atoms with van der Waals surface area (Å²) in [6.07, 6.45) is 4.13. The standard InChI is InChI=1S/C36H36Cl2F2N6O4/c1-49-35-22(17-42-19-24-9-12-31(48)45-24)7-10-28(46-35)27-4-2-3-25(32(27)37)26-13-14-43-34(33(26)38)20-5-6-21(29(15-20)50-36(39)40)16-41-18-23-8-11-30(47)44-23/h2-7,10,13-15,23-24,36,41-42H,8-9,11-12,16-19H2,1H3,(H,44,47)(H,45,48)/t23-,24-/m0/s1. The molecule has 4 heterocycles. The number of pyridine rings is 2. The van der Waals surface area contributed by atoms with Crippen LogP contribution in [0.1, 0.15) is 36.8 Å². The molecule has 262 valence electrons. The van der Waals surface area contributed by atoms with E-state index in [4.69, 9.17) is 37.7 Å². The molecule has 2 aliphatic heterocycles. The number of benzene rings is 2. The fourth-order valence-electron chi connectivity index (χ4n) is 6.20. The number of carbonyl (C=O) groups excluding carboxylic acids is 2. The maximum atomic E-state index is 13.5. The van der Waals surface area contributed by atoms with Gasteiger partial charge in [-0.25, -0.2) is 4.98 Å². The summed E-state index contributed by atoms with van der Waals surface area (Å²) in [6.45, 7) is -1.12. The summed E-state index contributed by atoms with van der Waals surface area (Å²) in [5, 5.41) is 13.1. The molecule has 0 saturated carbocycles. The minimum atomic E-state index is -3.03. The first-order valence-corrected chi connectivity index (χ1v) is 17.0. The molecule has 0 spiro atoms. The van der Waals surface area contributed by atoms with Gasteiger partial charge in [-0.3, -0.25) is 14.6 Å². The van der Waals surface area contributed by atoms with E-state index in [1.807, 2.05) is 30.3 Å². The van der Waals surface area contributed by atoms with Crippen molar-refractivity contribution in [2.75, 3.05) is 20.2 Å². The van der Waals surface area contributed by atoms with Crippen LogP contribution in [0, 0.1) is 0 Å². The van der Waals surface area contributed by atoms with E-state index in [2.05, 4.69) is 26.3 Å². The Balaban J connectivity index is 1.22. The van der Waals surface area contributed by atoms with Gasteiger partial charge in [0.2, 0.25) is 17.7 Å². The first-order chi connectivity index (χ1) is 24.2. The average molecular weight is 726 g/mol. The average Bonchev–Trinajstić information content (AvgIpc) is 3.72. The van der Waals surface area contributed by atoms with Gasteiger partial charge in [-0.05, 0) is 31.0 Å². The molecular formula is C36H36Cl2F2N6O4. The largest absolute Gasteiger partial charge is 0.481 e.